The van der Waals surface area contributed by atoms with E-state index in [1.165, 1.54) is 12.3 Å². The predicted molar refractivity (Wildman–Crippen MR) is 90.1 cm³/mol. The van der Waals surface area contributed by atoms with E-state index in [4.69, 9.17) is 11.6 Å². The molecule has 0 radical (unpaired) electrons. The minimum absolute atomic E-state index is 0.0356. The molecule has 4 nitrogen and oxygen atoms in total. The Hall–Kier alpha value is -1.73. The fourth-order valence-corrected chi connectivity index (χ4v) is 3.60. The van der Waals surface area contributed by atoms with Crippen LogP contribution in [0.25, 0.3) is 10.9 Å². The standard InChI is InChI=1S/C17H19ClF3N3O/c1-9(2)24-5-3-11(4-6-24)17(20,21)16(25)13-14(19)12(18)7-10-8-22-23-15(10)13/h7-8,11,16,25H,1,3-6H2,2H3,(H,22,23). The largest absolute Gasteiger partial charge is 0.382 e. The van der Waals surface area contributed by atoms with Gasteiger partial charge in [0.2, 0.25) is 0 Å². The minimum atomic E-state index is -3.50. The number of nitrogens with one attached hydrogen (secondary N) is 1. The second-order valence-corrected chi connectivity index (χ2v) is 6.90. The molecular formula is C17H19ClF3N3O. The molecule has 25 heavy (non-hydrogen) atoms. The second-order valence-electron chi connectivity index (χ2n) is 6.49. The fourth-order valence-electron chi connectivity index (χ4n) is 3.38. The number of aromatic amines is 1. The summed E-state index contributed by atoms with van der Waals surface area (Å²) in [5.41, 5.74) is 0.322. The van der Waals surface area contributed by atoms with Crippen LogP contribution in [0.5, 0.6) is 0 Å². The number of hydrogen-bond acceptors (Lipinski definition) is 3. The molecule has 1 aromatic heterocycles. The fraction of sp³-hybridized carbons (Fsp3) is 0.471. The van der Waals surface area contributed by atoms with Crippen LogP contribution < -0.4 is 0 Å². The van der Waals surface area contributed by atoms with E-state index in [9.17, 15) is 18.3 Å². The first-order valence-electron chi connectivity index (χ1n) is 8.00. The lowest BCUT2D eigenvalue weighted by atomic mass is 9.84. The van der Waals surface area contributed by atoms with Crippen LogP contribution in [0, 0.1) is 11.7 Å². The molecule has 0 spiro atoms. The number of aromatic nitrogens is 2. The van der Waals surface area contributed by atoms with Gasteiger partial charge in [0.25, 0.3) is 5.92 Å². The Bertz CT molecular complexity index is 800. The molecular weight excluding hydrogens is 355 g/mol. The van der Waals surface area contributed by atoms with Crippen LogP contribution >= 0.6 is 11.6 Å². The van der Waals surface area contributed by atoms with Crippen molar-refractivity contribution in [3.8, 4) is 0 Å². The number of nitrogens with zero attached hydrogens (tertiary/aromatic N) is 2. The lowest BCUT2D eigenvalue weighted by Gasteiger charge is -2.38. The molecule has 1 unspecified atom stereocenters. The molecule has 1 fully saturated rings. The van der Waals surface area contributed by atoms with Gasteiger partial charge in [-0.3, -0.25) is 5.10 Å². The molecule has 0 aliphatic carbocycles. The third-order valence-corrected chi connectivity index (χ3v) is 5.16. The zero-order valence-electron chi connectivity index (χ0n) is 13.7. The van der Waals surface area contributed by atoms with Crippen LogP contribution in [-0.2, 0) is 0 Å². The van der Waals surface area contributed by atoms with E-state index >= 15 is 0 Å². The van der Waals surface area contributed by atoms with Gasteiger partial charge in [0.05, 0.1) is 16.7 Å². The van der Waals surface area contributed by atoms with Gasteiger partial charge in [-0.15, -0.1) is 0 Å². The highest BCUT2D eigenvalue weighted by molar-refractivity contribution is 6.31. The number of piperidine rings is 1. The first-order chi connectivity index (χ1) is 11.7. The Morgan fingerprint density at radius 2 is 2.12 bits per heavy atom. The van der Waals surface area contributed by atoms with E-state index in [1.807, 2.05) is 11.8 Å². The maximum atomic E-state index is 14.9. The van der Waals surface area contributed by atoms with Crippen molar-refractivity contribution >= 4 is 22.5 Å². The number of rotatable bonds is 4. The van der Waals surface area contributed by atoms with Gasteiger partial charge >= 0.3 is 0 Å². The normalized spacial score (nSPS) is 17.9. The summed E-state index contributed by atoms with van der Waals surface area (Å²) in [7, 11) is 0. The number of hydrogen-bond donors (Lipinski definition) is 2. The van der Waals surface area contributed by atoms with Crippen molar-refractivity contribution in [3.05, 3.63) is 40.9 Å². The number of benzene rings is 1. The van der Waals surface area contributed by atoms with Crippen LogP contribution in [0.2, 0.25) is 5.02 Å². The van der Waals surface area contributed by atoms with Gasteiger partial charge in [0.15, 0.2) is 0 Å². The highest BCUT2D eigenvalue weighted by Crippen LogP contribution is 2.45. The maximum Gasteiger partial charge on any atom is 0.280 e. The van der Waals surface area contributed by atoms with E-state index < -0.39 is 29.3 Å². The molecule has 8 heteroatoms. The van der Waals surface area contributed by atoms with Gasteiger partial charge in [-0.25, -0.2) is 13.2 Å². The summed E-state index contributed by atoms with van der Waals surface area (Å²) in [6.07, 6.45) is -0.591. The Morgan fingerprint density at radius 1 is 1.48 bits per heavy atom. The van der Waals surface area contributed by atoms with Crippen molar-refractivity contribution in [3.63, 3.8) is 0 Å². The SMILES string of the molecule is C=C(C)N1CCC(C(F)(F)C(O)c2c(F)c(Cl)cc3cn[nH]c23)CC1. The Balaban J connectivity index is 1.92. The molecule has 1 aliphatic heterocycles. The molecule has 3 rings (SSSR count). The molecule has 1 aromatic carbocycles. The van der Waals surface area contributed by atoms with Crippen molar-refractivity contribution in [1.82, 2.24) is 15.1 Å². The third-order valence-electron chi connectivity index (χ3n) is 4.88. The summed E-state index contributed by atoms with van der Waals surface area (Å²) < 4.78 is 44.3. The van der Waals surface area contributed by atoms with Crippen LogP contribution in [-0.4, -0.2) is 39.2 Å². The number of allylic oxidation sites excluding steroid dienone is 1. The lowest BCUT2D eigenvalue weighted by molar-refractivity contribution is -0.160. The molecule has 0 saturated carbocycles. The highest BCUT2D eigenvalue weighted by Gasteiger charge is 2.49. The topological polar surface area (TPSA) is 52.1 Å². The number of likely N-dealkylation sites (tertiary alicyclic amines) is 1. The van der Waals surface area contributed by atoms with Crippen LogP contribution in [0.3, 0.4) is 0 Å². The molecule has 0 amide bonds. The molecule has 1 atom stereocenters. The maximum absolute atomic E-state index is 14.9. The molecule has 1 aliphatic rings. The molecule has 2 N–H and O–H groups in total. The Labute approximate surface area is 148 Å². The van der Waals surface area contributed by atoms with Gasteiger partial charge in [-0.1, -0.05) is 18.2 Å². The lowest BCUT2D eigenvalue weighted by Crippen LogP contribution is -2.43. The van der Waals surface area contributed by atoms with E-state index in [0.29, 0.717) is 18.5 Å². The van der Waals surface area contributed by atoms with Gasteiger partial charge in [-0.05, 0) is 25.8 Å². The summed E-state index contributed by atoms with van der Waals surface area (Å²) >= 11 is 5.79. The molecule has 2 aromatic rings. The summed E-state index contributed by atoms with van der Waals surface area (Å²) in [4.78, 5) is 1.92. The van der Waals surface area contributed by atoms with Crippen molar-refractivity contribution in [2.24, 2.45) is 5.92 Å². The quantitative estimate of drug-likeness (QED) is 0.841. The van der Waals surface area contributed by atoms with Crippen LogP contribution in [0.15, 0.2) is 24.5 Å². The smallest absolute Gasteiger partial charge is 0.280 e. The third kappa shape index (κ3) is 3.11. The zero-order chi connectivity index (χ0) is 18.4. The van der Waals surface area contributed by atoms with Crippen molar-refractivity contribution in [2.75, 3.05) is 13.1 Å². The zero-order valence-corrected chi connectivity index (χ0v) is 14.5. The first kappa shape index (κ1) is 18.1. The summed E-state index contributed by atoms with van der Waals surface area (Å²) in [6, 6.07) is 1.29. The average Bonchev–Trinajstić information content (AvgIpc) is 3.03. The van der Waals surface area contributed by atoms with E-state index in [0.717, 1.165) is 5.70 Å². The number of fused-ring (bicyclic) bond motifs is 1. The number of H-pyrrole nitrogens is 1. The average molecular weight is 374 g/mol. The monoisotopic (exact) mass is 373 g/mol. The predicted octanol–water partition coefficient (Wildman–Crippen LogP) is 4.27. The van der Waals surface area contributed by atoms with Crippen molar-refractivity contribution in [1.29, 1.82) is 0 Å². The first-order valence-corrected chi connectivity index (χ1v) is 8.38. The van der Waals surface area contributed by atoms with Crippen molar-refractivity contribution < 1.29 is 18.3 Å². The molecule has 136 valence electrons. The number of aliphatic hydroxyl groups is 1. The van der Waals surface area contributed by atoms with Gasteiger partial charge in [-0.2, -0.15) is 5.10 Å². The molecule has 1 saturated heterocycles. The highest BCUT2D eigenvalue weighted by atomic mass is 35.5. The second kappa shape index (κ2) is 6.53. The van der Waals surface area contributed by atoms with Gasteiger partial charge in [0, 0.05) is 35.7 Å². The van der Waals surface area contributed by atoms with Crippen LogP contribution in [0.4, 0.5) is 13.2 Å². The minimum Gasteiger partial charge on any atom is -0.382 e. The number of aliphatic hydroxyl groups excluding tert-OH is 1. The van der Waals surface area contributed by atoms with Crippen molar-refractivity contribution in [2.45, 2.75) is 31.8 Å². The van der Waals surface area contributed by atoms with Gasteiger partial charge < -0.3 is 10.0 Å². The Morgan fingerprint density at radius 3 is 2.72 bits per heavy atom. The molecule has 2 heterocycles. The van der Waals surface area contributed by atoms with E-state index in [1.54, 1.807) is 0 Å². The number of halogens is 4. The molecule has 0 bridgehead atoms. The Kier molecular flexibility index (Phi) is 4.72. The van der Waals surface area contributed by atoms with Gasteiger partial charge in [0.1, 0.15) is 11.9 Å². The van der Waals surface area contributed by atoms with Crippen LogP contribution in [0.1, 0.15) is 31.4 Å². The number of alkyl halides is 2. The summed E-state index contributed by atoms with van der Waals surface area (Å²) in [5.74, 6) is -5.61. The summed E-state index contributed by atoms with van der Waals surface area (Å²) in [6.45, 7) is 6.50. The van der Waals surface area contributed by atoms with E-state index in [2.05, 4.69) is 16.8 Å². The van der Waals surface area contributed by atoms with E-state index in [-0.39, 0.29) is 23.4 Å². The summed E-state index contributed by atoms with van der Waals surface area (Å²) in [5, 5.41) is 16.6.